The molecule has 1 aliphatic heterocycles. The maximum Gasteiger partial charge on any atom is 0.251 e. The van der Waals surface area contributed by atoms with Crippen molar-refractivity contribution in [1.29, 1.82) is 0 Å². The van der Waals surface area contributed by atoms with Crippen LogP contribution in [0.25, 0.3) is 0 Å². The van der Waals surface area contributed by atoms with Gasteiger partial charge in [0, 0.05) is 41.0 Å². The summed E-state index contributed by atoms with van der Waals surface area (Å²) in [7, 11) is 0. The molecule has 1 aliphatic rings. The highest BCUT2D eigenvalue weighted by Gasteiger charge is 2.35. The number of nitrogens with zero attached hydrogens (tertiary/aromatic N) is 1. The van der Waals surface area contributed by atoms with Gasteiger partial charge in [0.25, 0.3) is 5.91 Å². The SMILES string of the molecule is CC(C)NC(=O)c1ccc(NC(=O)C2CC(=O)N(c3ccc(Cl)cc3)C2)cc1. The Labute approximate surface area is 168 Å². The van der Waals surface area contributed by atoms with Crippen LogP contribution < -0.4 is 15.5 Å². The molecule has 2 N–H and O–H groups in total. The number of carbonyl (C=O) groups is 3. The van der Waals surface area contributed by atoms with E-state index in [1.807, 2.05) is 13.8 Å². The third-order valence-corrected chi connectivity index (χ3v) is 4.72. The van der Waals surface area contributed by atoms with E-state index in [4.69, 9.17) is 11.6 Å². The van der Waals surface area contributed by atoms with Crippen molar-refractivity contribution in [3.05, 3.63) is 59.1 Å². The van der Waals surface area contributed by atoms with Gasteiger partial charge in [0.2, 0.25) is 11.8 Å². The molecule has 1 unspecified atom stereocenters. The molecule has 28 heavy (non-hydrogen) atoms. The van der Waals surface area contributed by atoms with Gasteiger partial charge in [-0.3, -0.25) is 14.4 Å². The molecule has 0 saturated carbocycles. The van der Waals surface area contributed by atoms with Crippen molar-refractivity contribution in [1.82, 2.24) is 5.32 Å². The van der Waals surface area contributed by atoms with Crippen molar-refractivity contribution in [3.63, 3.8) is 0 Å². The zero-order chi connectivity index (χ0) is 20.3. The predicted octanol–water partition coefficient (Wildman–Crippen LogP) is 3.47. The predicted molar refractivity (Wildman–Crippen MR) is 110 cm³/mol. The summed E-state index contributed by atoms with van der Waals surface area (Å²) < 4.78 is 0. The van der Waals surface area contributed by atoms with E-state index < -0.39 is 5.92 Å². The summed E-state index contributed by atoms with van der Waals surface area (Å²) in [5.41, 5.74) is 1.84. The van der Waals surface area contributed by atoms with Crippen LogP contribution in [-0.4, -0.2) is 30.3 Å². The Bertz CT molecular complexity index is 879. The third-order valence-electron chi connectivity index (χ3n) is 4.47. The van der Waals surface area contributed by atoms with Crippen LogP contribution in [0.3, 0.4) is 0 Å². The molecule has 2 aromatic rings. The van der Waals surface area contributed by atoms with Gasteiger partial charge in [-0.2, -0.15) is 0 Å². The number of benzene rings is 2. The monoisotopic (exact) mass is 399 g/mol. The molecule has 1 heterocycles. The fraction of sp³-hybridized carbons (Fsp3) is 0.286. The average Bonchev–Trinajstić information content (AvgIpc) is 3.04. The molecule has 3 rings (SSSR count). The molecular weight excluding hydrogens is 378 g/mol. The van der Waals surface area contributed by atoms with Crippen molar-refractivity contribution in [3.8, 4) is 0 Å². The normalized spacial score (nSPS) is 16.4. The lowest BCUT2D eigenvalue weighted by Gasteiger charge is -2.17. The Hall–Kier alpha value is -2.86. The summed E-state index contributed by atoms with van der Waals surface area (Å²) in [5.74, 6) is -0.910. The molecule has 1 atom stereocenters. The van der Waals surface area contributed by atoms with E-state index in [-0.39, 0.29) is 30.2 Å². The number of carbonyl (C=O) groups excluding carboxylic acids is 3. The highest BCUT2D eigenvalue weighted by atomic mass is 35.5. The first-order valence-corrected chi connectivity index (χ1v) is 9.49. The summed E-state index contributed by atoms with van der Waals surface area (Å²) in [6.07, 6.45) is 0.156. The molecule has 1 saturated heterocycles. The summed E-state index contributed by atoms with van der Waals surface area (Å²) in [5, 5.41) is 6.23. The largest absolute Gasteiger partial charge is 0.350 e. The maximum atomic E-state index is 12.6. The average molecular weight is 400 g/mol. The first-order chi connectivity index (χ1) is 13.3. The number of halogens is 1. The van der Waals surface area contributed by atoms with Gasteiger partial charge in [-0.1, -0.05) is 11.6 Å². The second-order valence-electron chi connectivity index (χ2n) is 7.08. The van der Waals surface area contributed by atoms with Crippen LogP contribution in [-0.2, 0) is 9.59 Å². The lowest BCUT2D eigenvalue weighted by atomic mass is 10.1. The van der Waals surface area contributed by atoms with Gasteiger partial charge in [0.15, 0.2) is 0 Å². The lowest BCUT2D eigenvalue weighted by Crippen LogP contribution is -2.30. The Morgan fingerprint density at radius 3 is 2.32 bits per heavy atom. The number of hydrogen-bond acceptors (Lipinski definition) is 3. The van der Waals surface area contributed by atoms with Gasteiger partial charge in [-0.05, 0) is 62.4 Å². The molecule has 146 valence electrons. The minimum Gasteiger partial charge on any atom is -0.350 e. The molecule has 0 aromatic heterocycles. The van der Waals surface area contributed by atoms with Crippen molar-refractivity contribution in [2.24, 2.45) is 5.92 Å². The molecule has 0 spiro atoms. The first-order valence-electron chi connectivity index (χ1n) is 9.11. The Morgan fingerprint density at radius 1 is 1.07 bits per heavy atom. The number of amides is 3. The quantitative estimate of drug-likeness (QED) is 0.808. The van der Waals surface area contributed by atoms with E-state index in [1.165, 1.54) is 0 Å². The van der Waals surface area contributed by atoms with Gasteiger partial charge in [0.1, 0.15) is 0 Å². The summed E-state index contributed by atoms with van der Waals surface area (Å²) >= 11 is 5.89. The van der Waals surface area contributed by atoms with Crippen LogP contribution in [0.1, 0.15) is 30.6 Å². The zero-order valence-electron chi connectivity index (χ0n) is 15.7. The van der Waals surface area contributed by atoms with Crippen LogP contribution in [0.5, 0.6) is 0 Å². The van der Waals surface area contributed by atoms with Crippen LogP contribution in [0.2, 0.25) is 5.02 Å². The minimum absolute atomic E-state index is 0.0513. The van der Waals surface area contributed by atoms with Gasteiger partial charge < -0.3 is 15.5 Å². The number of rotatable bonds is 5. The molecule has 7 heteroatoms. The van der Waals surface area contributed by atoms with E-state index in [0.29, 0.717) is 22.8 Å². The molecule has 2 aromatic carbocycles. The van der Waals surface area contributed by atoms with E-state index in [0.717, 1.165) is 5.69 Å². The van der Waals surface area contributed by atoms with E-state index in [2.05, 4.69) is 10.6 Å². The van der Waals surface area contributed by atoms with Crippen LogP contribution in [0, 0.1) is 5.92 Å². The third kappa shape index (κ3) is 4.70. The van der Waals surface area contributed by atoms with Crippen LogP contribution in [0.15, 0.2) is 48.5 Å². The lowest BCUT2D eigenvalue weighted by molar-refractivity contribution is -0.122. The molecule has 3 amide bonds. The minimum atomic E-state index is -0.438. The Morgan fingerprint density at radius 2 is 1.71 bits per heavy atom. The topological polar surface area (TPSA) is 78.5 Å². The number of anilines is 2. The summed E-state index contributed by atoms with van der Waals surface area (Å²) in [6.45, 7) is 4.10. The maximum absolute atomic E-state index is 12.6. The highest BCUT2D eigenvalue weighted by molar-refractivity contribution is 6.30. The standard InChI is InChI=1S/C21H22ClN3O3/c1-13(2)23-20(27)14-3-7-17(8-4-14)24-21(28)15-11-19(26)25(12-15)18-9-5-16(22)6-10-18/h3-10,13,15H,11-12H2,1-2H3,(H,23,27)(H,24,28). The number of nitrogens with one attached hydrogen (secondary N) is 2. The zero-order valence-corrected chi connectivity index (χ0v) is 16.5. The van der Waals surface area contributed by atoms with Crippen molar-refractivity contribution < 1.29 is 14.4 Å². The molecular formula is C21H22ClN3O3. The van der Waals surface area contributed by atoms with Gasteiger partial charge in [0.05, 0.1) is 5.92 Å². The van der Waals surface area contributed by atoms with Crippen LogP contribution >= 0.6 is 11.6 Å². The number of hydrogen-bond donors (Lipinski definition) is 2. The fourth-order valence-electron chi connectivity index (χ4n) is 3.05. The van der Waals surface area contributed by atoms with Gasteiger partial charge >= 0.3 is 0 Å². The van der Waals surface area contributed by atoms with Gasteiger partial charge in [-0.25, -0.2) is 0 Å². The Balaban J connectivity index is 1.61. The molecule has 0 bridgehead atoms. The Kier molecular flexibility index (Phi) is 5.99. The van der Waals surface area contributed by atoms with Crippen molar-refractivity contribution in [2.75, 3.05) is 16.8 Å². The van der Waals surface area contributed by atoms with Gasteiger partial charge in [-0.15, -0.1) is 0 Å². The molecule has 0 radical (unpaired) electrons. The second kappa shape index (κ2) is 8.44. The highest BCUT2D eigenvalue weighted by Crippen LogP contribution is 2.27. The van der Waals surface area contributed by atoms with E-state index in [9.17, 15) is 14.4 Å². The molecule has 6 nitrogen and oxygen atoms in total. The molecule has 1 fully saturated rings. The smallest absolute Gasteiger partial charge is 0.251 e. The summed E-state index contributed by atoms with van der Waals surface area (Å²) in [6, 6.07) is 13.7. The van der Waals surface area contributed by atoms with Crippen molar-refractivity contribution in [2.45, 2.75) is 26.3 Å². The van der Waals surface area contributed by atoms with E-state index in [1.54, 1.807) is 53.4 Å². The molecule has 0 aliphatic carbocycles. The van der Waals surface area contributed by atoms with Crippen molar-refractivity contribution >= 4 is 40.7 Å². The second-order valence-corrected chi connectivity index (χ2v) is 7.51. The first kappa shape index (κ1) is 19.9. The van der Waals surface area contributed by atoms with Crippen LogP contribution in [0.4, 0.5) is 11.4 Å². The fourth-order valence-corrected chi connectivity index (χ4v) is 3.17. The summed E-state index contributed by atoms with van der Waals surface area (Å²) in [4.78, 5) is 38.4. The van der Waals surface area contributed by atoms with E-state index >= 15 is 0 Å².